The van der Waals surface area contributed by atoms with E-state index in [1.54, 1.807) is 0 Å². The molecule has 2 nitrogen and oxygen atoms in total. The number of nitrogens with one attached hydrogen (secondary N) is 2. The SMILES string of the molecule is CCCCCN[C@H]1CCCC[C@@H]1NCCCCC. The van der Waals surface area contributed by atoms with Crippen LogP contribution < -0.4 is 10.6 Å². The summed E-state index contributed by atoms with van der Waals surface area (Å²) in [6.45, 7) is 6.98. The van der Waals surface area contributed by atoms with Gasteiger partial charge in [-0.05, 0) is 38.8 Å². The van der Waals surface area contributed by atoms with Gasteiger partial charge < -0.3 is 10.6 Å². The van der Waals surface area contributed by atoms with Crippen LogP contribution >= 0.6 is 0 Å². The molecule has 0 spiro atoms. The van der Waals surface area contributed by atoms with Gasteiger partial charge in [0.2, 0.25) is 0 Å². The molecule has 0 aromatic rings. The molecule has 108 valence electrons. The van der Waals surface area contributed by atoms with Crippen LogP contribution in [-0.2, 0) is 0 Å². The van der Waals surface area contributed by atoms with E-state index in [0.29, 0.717) is 0 Å². The molecule has 1 aliphatic carbocycles. The summed E-state index contributed by atoms with van der Waals surface area (Å²) in [5.74, 6) is 0. The summed E-state index contributed by atoms with van der Waals surface area (Å²) >= 11 is 0. The molecule has 0 amide bonds. The highest BCUT2D eigenvalue weighted by Gasteiger charge is 2.23. The second-order valence-electron chi connectivity index (χ2n) is 5.82. The maximum atomic E-state index is 3.78. The van der Waals surface area contributed by atoms with Crippen LogP contribution in [0.2, 0.25) is 0 Å². The number of rotatable bonds is 10. The van der Waals surface area contributed by atoms with Crippen LogP contribution in [0.5, 0.6) is 0 Å². The first-order chi connectivity index (χ1) is 8.88. The molecule has 18 heavy (non-hydrogen) atoms. The maximum Gasteiger partial charge on any atom is 0.0221 e. The summed E-state index contributed by atoms with van der Waals surface area (Å²) < 4.78 is 0. The van der Waals surface area contributed by atoms with Gasteiger partial charge in [0.25, 0.3) is 0 Å². The van der Waals surface area contributed by atoms with Crippen molar-refractivity contribution in [2.45, 2.75) is 90.1 Å². The normalized spacial score (nSPS) is 24.3. The first kappa shape index (κ1) is 16.0. The van der Waals surface area contributed by atoms with E-state index in [4.69, 9.17) is 0 Å². The first-order valence-electron chi connectivity index (χ1n) is 8.35. The van der Waals surface area contributed by atoms with Gasteiger partial charge in [-0.2, -0.15) is 0 Å². The monoisotopic (exact) mass is 254 g/mol. The molecule has 1 saturated carbocycles. The Morgan fingerprint density at radius 3 is 1.56 bits per heavy atom. The molecule has 0 unspecified atom stereocenters. The lowest BCUT2D eigenvalue weighted by Gasteiger charge is -2.33. The van der Waals surface area contributed by atoms with Crippen LogP contribution in [0, 0.1) is 0 Å². The van der Waals surface area contributed by atoms with E-state index in [1.807, 2.05) is 0 Å². The molecule has 2 heteroatoms. The van der Waals surface area contributed by atoms with Crippen molar-refractivity contribution in [2.75, 3.05) is 13.1 Å². The lowest BCUT2D eigenvalue weighted by molar-refractivity contribution is 0.282. The molecular formula is C16H34N2. The van der Waals surface area contributed by atoms with Gasteiger partial charge in [0.1, 0.15) is 0 Å². The minimum absolute atomic E-state index is 0.734. The topological polar surface area (TPSA) is 24.1 Å². The molecule has 0 heterocycles. The Morgan fingerprint density at radius 2 is 1.17 bits per heavy atom. The van der Waals surface area contributed by atoms with Gasteiger partial charge in [-0.15, -0.1) is 0 Å². The van der Waals surface area contributed by atoms with Gasteiger partial charge in [-0.25, -0.2) is 0 Å². The van der Waals surface area contributed by atoms with Gasteiger partial charge in [-0.3, -0.25) is 0 Å². The van der Waals surface area contributed by atoms with Crippen molar-refractivity contribution in [3.63, 3.8) is 0 Å². The zero-order valence-electron chi connectivity index (χ0n) is 12.6. The molecule has 1 fully saturated rings. The average Bonchev–Trinajstić information content (AvgIpc) is 2.41. The smallest absolute Gasteiger partial charge is 0.0221 e. The predicted octanol–water partition coefficient (Wildman–Crippen LogP) is 3.86. The summed E-state index contributed by atoms with van der Waals surface area (Å²) in [4.78, 5) is 0. The number of hydrogen-bond donors (Lipinski definition) is 2. The van der Waals surface area contributed by atoms with E-state index >= 15 is 0 Å². The number of hydrogen-bond acceptors (Lipinski definition) is 2. The molecule has 2 N–H and O–H groups in total. The minimum Gasteiger partial charge on any atom is -0.312 e. The van der Waals surface area contributed by atoms with Gasteiger partial charge >= 0.3 is 0 Å². The van der Waals surface area contributed by atoms with Crippen molar-refractivity contribution in [2.24, 2.45) is 0 Å². The number of unbranched alkanes of at least 4 members (excludes halogenated alkanes) is 4. The average molecular weight is 254 g/mol. The van der Waals surface area contributed by atoms with Gasteiger partial charge in [0, 0.05) is 12.1 Å². The van der Waals surface area contributed by atoms with E-state index in [1.165, 1.54) is 77.3 Å². The van der Waals surface area contributed by atoms with Crippen LogP contribution in [-0.4, -0.2) is 25.2 Å². The van der Waals surface area contributed by atoms with E-state index in [0.717, 1.165) is 12.1 Å². The largest absolute Gasteiger partial charge is 0.312 e. The summed E-state index contributed by atoms with van der Waals surface area (Å²) in [5.41, 5.74) is 0. The van der Waals surface area contributed by atoms with E-state index in [2.05, 4.69) is 24.5 Å². The molecule has 0 aromatic carbocycles. The van der Waals surface area contributed by atoms with Crippen molar-refractivity contribution in [1.29, 1.82) is 0 Å². The Hall–Kier alpha value is -0.0800. The zero-order valence-corrected chi connectivity index (χ0v) is 12.6. The van der Waals surface area contributed by atoms with Crippen molar-refractivity contribution >= 4 is 0 Å². The van der Waals surface area contributed by atoms with Gasteiger partial charge in [-0.1, -0.05) is 52.4 Å². The molecule has 0 aromatic heterocycles. The molecular weight excluding hydrogens is 220 g/mol. The fourth-order valence-electron chi connectivity index (χ4n) is 2.94. The molecule has 1 rings (SSSR count). The Bertz CT molecular complexity index is 162. The molecule has 1 aliphatic rings. The second kappa shape index (κ2) is 10.8. The highest BCUT2D eigenvalue weighted by molar-refractivity contribution is 4.86. The summed E-state index contributed by atoms with van der Waals surface area (Å²) in [6.07, 6.45) is 13.6. The fourth-order valence-corrected chi connectivity index (χ4v) is 2.94. The maximum absolute atomic E-state index is 3.78. The third-order valence-electron chi connectivity index (χ3n) is 4.14. The predicted molar refractivity (Wildman–Crippen MR) is 81.1 cm³/mol. The molecule has 0 aliphatic heterocycles. The third-order valence-corrected chi connectivity index (χ3v) is 4.14. The minimum atomic E-state index is 0.734. The second-order valence-corrected chi connectivity index (χ2v) is 5.82. The van der Waals surface area contributed by atoms with Crippen molar-refractivity contribution < 1.29 is 0 Å². The Labute approximate surface area is 114 Å². The quantitative estimate of drug-likeness (QED) is 0.579. The first-order valence-corrected chi connectivity index (χ1v) is 8.35. The Morgan fingerprint density at radius 1 is 0.722 bits per heavy atom. The summed E-state index contributed by atoms with van der Waals surface area (Å²) in [5, 5.41) is 7.57. The van der Waals surface area contributed by atoms with Crippen molar-refractivity contribution in [3.05, 3.63) is 0 Å². The van der Waals surface area contributed by atoms with Crippen LogP contribution in [0.1, 0.15) is 78.1 Å². The summed E-state index contributed by atoms with van der Waals surface area (Å²) in [7, 11) is 0. The van der Waals surface area contributed by atoms with Crippen LogP contribution in [0.3, 0.4) is 0 Å². The van der Waals surface area contributed by atoms with Crippen LogP contribution in [0.4, 0.5) is 0 Å². The van der Waals surface area contributed by atoms with E-state index < -0.39 is 0 Å². The highest BCUT2D eigenvalue weighted by Crippen LogP contribution is 2.18. The summed E-state index contributed by atoms with van der Waals surface area (Å²) in [6, 6.07) is 1.47. The molecule has 0 bridgehead atoms. The van der Waals surface area contributed by atoms with E-state index in [-0.39, 0.29) is 0 Å². The lowest BCUT2D eigenvalue weighted by Crippen LogP contribution is -2.50. The Kier molecular flexibility index (Phi) is 9.59. The van der Waals surface area contributed by atoms with Gasteiger partial charge in [0.05, 0.1) is 0 Å². The zero-order chi connectivity index (χ0) is 13.1. The highest BCUT2D eigenvalue weighted by atomic mass is 15.0. The molecule has 0 saturated heterocycles. The van der Waals surface area contributed by atoms with Crippen LogP contribution in [0.15, 0.2) is 0 Å². The van der Waals surface area contributed by atoms with Gasteiger partial charge in [0.15, 0.2) is 0 Å². The van der Waals surface area contributed by atoms with E-state index in [9.17, 15) is 0 Å². The lowest BCUT2D eigenvalue weighted by atomic mass is 9.90. The molecule has 2 atom stereocenters. The van der Waals surface area contributed by atoms with Crippen molar-refractivity contribution in [1.82, 2.24) is 10.6 Å². The third kappa shape index (κ3) is 6.75. The fraction of sp³-hybridized carbons (Fsp3) is 1.00. The Balaban J connectivity index is 2.15. The van der Waals surface area contributed by atoms with Crippen molar-refractivity contribution in [3.8, 4) is 0 Å². The van der Waals surface area contributed by atoms with Crippen LogP contribution in [0.25, 0.3) is 0 Å². The standard InChI is InChI=1S/C16H34N2/c1-3-5-9-13-17-15-11-7-8-12-16(15)18-14-10-6-4-2/h15-18H,3-14H2,1-2H3/t15-,16-/m0/s1. The molecule has 0 radical (unpaired) electrons.